The van der Waals surface area contributed by atoms with Crippen LogP contribution in [-0.4, -0.2) is 31.1 Å². The van der Waals surface area contributed by atoms with Gasteiger partial charge in [0.25, 0.3) is 5.91 Å². The maximum Gasteiger partial charge on any atom is 0.338 e. The normalized spacial score (nSPS) is 14.3. The van der Waals surface area contributed by atoms with Crippen molar-refractivity contribution in [1.82, 2.24) is 5.32 Å². The Morgan fingerprint density at radius 1 is 1.38 bits per heavy atom. The Balaban J connectivity index is 1.90. The van der Waals surface area contributed by atoms with Crippen LogP contribution in [0.15, 0.2) is 29.8 Å². The summed E-state index contributed by atoms with van der Waals surface area (Å²) >= 11 is 0. The van der Waals surface area contributed by atoms with Crippen LogP contribution in [0.2, 0.25) is 0 Å². The summed E-state index contributed by atoms with van der Waals surface area (Å²) in [5, 5.41) is 2.74. The number of esters is 1. The average molecular weight is 289 g/mol. The van der Waals surface area contributed by atoms with Crippen molar-refractivity contribution in [1.29, 1.82) is 0 Å². The SMILES string of the molecule is CC[C@@H](C)NC(=O)COC(=O)C1=Cc2ccccc2OC1. The lowest BCUT2D eigenvalue weighted by atomic mass is 10.1. The van der Waals surface area contributed by atoms with Crippen LogP contribution in [0.5, 0.6) is 5.75 Å². The summed E-state index contributed by atoms with van der Waals surface area (Å²) < 4.78 is 10.5. The van der Waals surface area contributed by atoms with E-state index in [-0.39, 0.29) is 25.2 Å². The third-order valence-corrected chi connectivity index (χ3v) is 3.25. The number of hydrogen-bond donors (Lipinski definition) is 1. The molecule has 0 fully saturated rings. The molecule has 1 aromatic carbocycles. The molecule has 0 radical (unpaired) electrons. The predicted molar refractivity (Wildman–Crippen MR) is 78.8 cm³/mol. The summed E-state index contributed by atoms with van der Waals surface area (Å²) in [4.78, 5) is 23.5. The van der Waals surface area contributed by atoms with Crippen LogP contribution in [0, 0.1) is 0 Å². The van der Waals surface area contributed by atoms with Gasteiger partial charge >= 0.3 is 5.97 Å². The van der Waals surface area contributed by atoms with Crippen LogP contribution in [-0.2, 0) is 14.3 Å². The van der Waals surface area contributed by atoms with Crippen molar-refractivity contribution >= 4 is 18.0 Å². The van der Waals surface area contributed by atoms with E-state index in [0.29, 0.717) is 5.57 Å². The van der Waals surface area contributed by atoms with E-state index >= 15 is 0 Å². The van der Waals surface area contributed by atoms with E-state index in [1.807, 2.05) is 38.1 Å². The fourth-order valence-corrected chi connectivity index (χ4v) is 1.88. The Hall–Kier alpha value is -2.30. The van der Waals surface area contributed by atoms with Crippen LogP contribution in [0.3, 0.4) is 0 Å². The van der Waals surface area contributed by atoms with Crippen LogP contribution in [0.1, 0.15) is 25.8 Å². The minimum atomic E-state index is -0.524. The van der Waals surface area contributed by atoms with E-state index in [4.69, 9.17) is 9.47 Å². The lowest BCUT2D eigenvalue weighted by Gasteiger charge is -2.17. The van der Waals surface area contributed by atoms with Crippen LogP contribution in [0.25, 0.3) is 6.08 Å². The standard InChI is InChI=1S/C16H19NO4/c1-3-11(2)17-15(18)10-21-16(19)13-8-12-6-4-5-7-14(12)20-9-13/h4-8,11H,3,9-10H2,1-2H3,(H,17,18)/t11-/m1/s1. The Morgan fingerprint density at radius 3 is 2.90 bits per heavy atom. The number of hydrogen-bond acceptors (Lipinski definition) is 4. The maximum atomic E-state index is 11.9. The molecule has 1 aliphatic rings. The van der Waals surface area contributed by atoms with Crippen LogP contribution < -0.4 is 10.1 Å². The first-order valence-electron chi connectivity index (χ1n) is 6.99. The summed E-state index contributed by atoms with van der Waals surface area (Å²) in [5.74, 6) is -0.0807. The number of nitrogens with one attached hydrogen (secondary N) is 1. The summed E-state index contributed by atoms with van der Waals surface area (Å²) in [6, 6.07) is 7.51. The lowest BCUT2D eigenvalue weighted by molar-refractivity contribution is -0.145. The van der Waals surface area contributed by atoms with E-state index < -0.39 is 5.97 Å². The summed E-state index contributed by atoms with van der Waals surface area (Å²) in [6.45, 7) is 3.75. The van der Waals surface area contributed by atoms with Gasteiger partial charge in [-0.3, -0.25) is 4.79 Å². The van der Waals surface area contributed by atoms with Crippen molar-refractivity contribution < 1.29 is 19.1 Å². The largest absolute Gasteiger partial charge is 0.488 e. The van der Waals surface area contributed by atoms with E-state index in [2.05, 4.69) is 5.32 Å². The molecule has 0 aliphatic carbocycles. The Morgan fingerprint density at radius 2 is 2.14 bits per heavy atom. The number of benzene rings is 1. The molecule has 0 bridgehead atoms. The van der Waals surface area contributed by atoms with Crippen molar-refractivity contribution in [2.45, 2.75) is 26.3 Å². The predicted octanol–water partition coefficient (Wildman–Crippen LogP) is 1.92. The van der Waals surface area contributed by atoms with Crippen molar-refractivity contribution in [3.05, 3.63) is 35.4 Å². The molecular formula is C16H19NO4. The second-order valence-electron chi connectivity index (χ2n) is 4.95. The highest BCUT2D eigenvalue weighted by molar-refractivity contribution is 5.96. The molecule has 1 heterocycles. The number of rotatable bonds is 5. The van der Waals surface area contributed by atoms with E-state index in [1.54, 1.807) is 6.08 Å². The topological polar surface area (TPSA) is 64.6 Å². The van der Waals surface area contributed by atoms with Gasteiger partial charge in [-0.15, -0.1) is 0 Å². The highest BCUT2D eigenvalue weighted by Crippen LogP contribution is 2.25. The number of carbonyl (C=O) groups excluding carboxylic acids is 2. The molecule has 2 rings (SSSR count). The van der Waals surface area contributed by atoms with Gasteiger partial charge in [-0.2, -0.15) is 0 Å². The Bertz CT molecular complexity index is 565. The zero-order valence-corrected chi connectivity index (χ0v) is 12.2. The molecule has 5 heteroatoms. The first-order valence-corrected chi connectivity index (χ1v) is 6.99. The second kappa shape index (κ2) is 6.92. The Kier molecular flexibility index (Phi) is 4.98. The van der Waals surface area contributed by atoms with Crippen molar-refractivity contribution in [2.24, 2.45) is 0 Å². The number of fused-ring (bicyclic) bond motifs is 1. The monoisotopic (exact) mass is 289 g/mol. The molecule has 0 spiro atoms. The molecule has 112 valence electrons. The Labute approximate surface area is 123 Å². The van der Waals surface area contributed by atoms with Crippen molar-refractivity contribution in [3.8, 4) is 5.75 Å². The molecule has 0 saturated heterocycles. The summed E-state index contributed by atoms with van der Waals surface area (Å²) in [5.41, 5.74) is 1.24. The van der Waals surface area contributed by atoms with Crippen LogP contribution >= 0.6 is 0 Å². The van der Waals surface area contributed by atoms with Gasteiger partial charge in [-0.05, 0) is 25.5 Å². The number of para-hydroxylation sites is 1. The highest BCUT2D eigenvalue weighted by atomic mass is 16.5. The minimum Gasteiger partial charge on any atom is -0.488 e. The third kappa shape index (κ3) is 4.08. The fraction of sp³-hybridized carbons (Fsp3) is 0.375. The second-order valence-corrected chi connectivity index (χ2v) is 4.95. The number of carbonyl (C=O) groups is 2. The zero-order chi connectivity index (χ0) is 15.2. The third-order valence-electron chi connectivity index (χ3n) is 3.25. The fourth-order valence-electron chi connectivity index (χ4n) is 1.88. The first kappa shape index (κ1) is 15.1. The molecule has 1 N–H and O–H groups in total. The zero-order valence-electron chi connectivity index (χ0n) is 12.2. The molecule has 1 aliphatic heterocycles. The van der Waals surface area contributed by atoms with Crippen LogP contribution in [0.4, 0.5) is 0 Å². The molecule has 1 aromatic rings. The smallest absolute Gasteiger partial charge is 0.338 e. The number of amides is 1. The molecular weight excluding hydrogens is 270 g/mol. The molecule has 1 atom stereocenters. The summed E-state index contributed by atoms with van der Waals surface area (Å²) in [7, 11) is 0. The maximum absolute atomic E-state index is 11.9. The van der Waals surface area contributed by atoms with Gasteiger partial charge < -0.3 is 14.8 Å². The molecule has 5 nitrogen and oxygen atoms in total. The van der Waals surface area contributed by atoms with E-state index in [0.717, 1.165) is 17.7 Å². The van der Waals surface area contributed by atoms with Crippen molar-refractivity contribution in [3.63, 3.8) is 0 Å². The highest BCUT2D eigenvalue weighted by Gasteiger charge is 2.19. The van der Waals surface area contributed by atoms with Gasteiger partial charge in [0.2, 0.25) is 0 Å². The van der Waals surface area contributed by atoms with Gasteiger partial charge in [-0.25, -0.2) is 4.79 Å². The first-order chi connectivity index (χ1) is 10.1. The van der Waals surface area contributed by atoms with Gasteiger partial charge in [0.05, 0.1) is 5.57 Å². The van der Waals surface area contributed by atoms with Gasteiger partial charge in [0, 0.05) is 11.6 Å². The molecule has 1 amide bonds. The van der Waals surface area contributed by atoms with Gasteiger partial charge in [0.15, 0.2) is 6.61 Å². The van der Waals surface area contributed by atoms with Gasteiger partial charge in [0.1, 0.15) is 12.4 Å². The molecule has 21 heavy (non-hydrogen) atoms. The molecule has 0 saturated carbocycles. The number of ether oxygens (including phenoxy) is 2. The minimum absolute atomic E-state index is 0.0697. The van der Waals surface area contributed by atoms with E-state index in [9.17, 15) is 9.59 Å². The summed E-state index contributed by atoms with van der Waals surface area (Å²) in [6.07, 6.45) is 2.56. The van der Waals surface area contributed by atoms with Crippen molar-refractivity contribution in [2.75, 3.05) is 13.2 Å². The quantitative estimate of drug-likeness (QED) is 0.841. The van der Waals surface area contributed by atoms with E-state index in [1.165, 1.54) is 0 Å². The molecule has 0 unspecified atom stereocenters. The molecule has 0 aromatic heterocycles. The average Bonchev–Trinajstić information content (AvgIpc) is 2.51. The van der Waals surface area contributed by atoms with Gasteiger partial charge in [-0.1, -0.05) is 25.1 Å². The lowest BCUT2D eigenvalue weighted by Crippen LogP contribution is -2.35.